The van der Waals surface area contributed by atoms with Crippen LogP contribution in [-0.2, 0) is 13.1 Å². The quantitative estimate of drug-likeness (QED) is 0.691. The second-order valence-electron chi connectivity index (χ2n) is 7.08. The molecule has 0 bridgehead atoms. The maximum atomic E-state index is 12.1. The highest BCUT2D eigenvalue weighted by molar-refractivity contribution is 5.30. The molecule has 0 atom stereocenters. The van der Waals surface area contributed by atoms with Crippen molar-refractivity contribution in [2.24, 2.45) is 0 Å². The maximum absolute atomic E-state index is 12.1. The van der Waals surface area contributed by atoms with Crippen LogP contribution in [0.15, 0.2) is 58.4 Å². The van der Waals surface area contributed by atoms with Crippen molar-refractivity contribution >= 4 is 0 Å². The summed E-state index contributed by atoms with van der Waals surface area (Å²) in [7, 11) is 0. The minimum Gasteiger partial charge on any atom is -0.311 e. The highest BCUT2D eigenvalue weighted by Crippen LogP contribution is 2.28. The van der Waals surface area contributed by atoms with Crippen LogP contribution in [0, 0.1) is 6.92 Å². The molecule has 1 fully saturated rings. The molecule has 7 heteroatoms. The predicted molar refractivity (Wildman–Crippen MR) is 103 cm³/mol. The fourth-order valence-electron chi connectivity index (χ4n) is 3.30. The molecule has 1 N–H and O–H groups in total. The Kier molecular flexibility index (Phi) is 4.77. The van der Waals surface area contributed by atoms with Crippen LogP contribution in [0.4, 0.5) is 0 Å². The first-order valence-electron chi connectivity index (χ1n) is 9.24. The summed E-state index contributed by atoms with van der Waals surface area (Å²) in [6.45, 7) is 3.52. The van der Waals surface area contributed by atoms with Gasteiger partial charge in [-0.3, -0.25) is 14.3 Å². The molecule has 7 nitrogen and oxygen atoms in total. The highest BCUT2D eigenvalue weighted by atomic mass is 16.2. The molecule has 0 spiro atoms. The number of hydrogen-bond donors (Lipinski definition) is 1. The van der Waals surface area contributed by atoms with Gasteiger partial charge < -0.3 is 4.98 Å². The van der Waals surface area contributed by atoms with Gasteiger partial charge in [0, 0.05) is 49.2 Å². The van der Waals surface area contributed by atoms with E-state index in [2.05, 4.69) is 15.0 Å². The van der Waals surface area contributed by atoms with Crippen LogP contribution < -0.4 is 11.2 Å². The van der Waals surface area contributed by atoms with Gasteiger partial charge in [0.15, 0.2) is 0 Å². The lowest BCUT2D eigenvalue weighted by atomic mass is 10.3. The van der Waals surface area contributed by atoms with E-state index in [0.717, 1.165) is 30.6 Å². The minimum absolute atomic E-state index is 0.246. The maximum Gasteiger partial charge on any atom is 0.328 e. The molecule has 0 radical (unpaired) electrons. The average Bonchev–Trinajstić information content (AvgIpc) is 3.39. The van der Waals surface area contributed by atoms with E-state index in [1.807, 2.05) is 47.4 Å². The van der Waals surface area contributed by atoms with Gasteiger partial charge in [0.25, 0.3) is 5.56 Å². The molecule has 0 amide bonds. The molecule has 2 heterocycles. The zero-order valence-electron chi connectivity index (χ0n) is 15.3. The summed E-state index contributed by atoms with van der Waals surface area (Å²) < 4.78 is 3.14. The minimum atomic E-state index is -0.340. The number of benzene rings is 1. The summed E-state index contributed by atoms with van der Waals surface area (Å²) in [5.41, 5.74) is 2.15. The van der Waals surface area contributed by atoms with Crippen molar-refractivity contribution in [2.75, 3.05) is 6.54 Å². The lowest BCUT2D eigenvalue weighted by Crippen LogP contribution is -2.39. The van der Waals surface area contributed by atoms with Crippen molar-refractivity contribution in [3.8, 4) is 5.69 Å². The number of para-hydroxylation sites is 1. The molecule has 0 aliphatic heterocycles. The van der Waals surface area contributed by atoms with Gasteiger partial charge in [0.1, 0.15) is 0 Å². The van der Waals surface area contributed by atoms with Gasteiger partial charge in [-0.05, 0) is 31.9 Å². The number of H-pyrrole nitrogens is 1. The Morgan fingerprint density at radius 3 is 2.70 bits per heavy atom. The predicted octanol–water partition coefficient (Wildman–Crippen LogP) is 1.70. The Labute approximate surface area is 156 Å². The van der Waals surface area contributed by atoms with Crippen molar-refractivity contribution in [1.82, 2.24) is 24.2 Å². The number of aromatic nitrogens is 4. The zero-order chi connectivity index (χ0) is 18.8. The summed E-state index contributed by atoms with van der Waals surface area (Å²) in [4.78, 5) is 29.2. The Morgan fingerprint density at radius 1 is 1.22 bits per heavy atom. The van der Waals surface area contributed by atoms with E-state index in [4.69, 9.17) is 0 Å². The summed E-state index contributed by atoms with van der Waals surface area (Å²) in [6.07, 6.45) is 6.24. The van der Waals surface area contributed by atoms with E-state index < -0.39 is 0 Å². The smallest absolute Gasteiger partial charge is 0.311 e. The molecule has 1 aliphatic carbocycles. The molecule has 2 aromatic heterocycles. The molecule has 27 heavy (non-hydrogen) atoms. The first kappa shape index (κ1) is 17.5. The molecule has 1 saturated carbocycles. The Balaban J connectivity index is 1.46. The summed E-state index contributed by atoms with van der Waals surface area (Å²) >= 11 is 0. The van der Waals surface area contributed by atoms with Crippen molar-refractivity contribution < 1.29 is 0 Å². The van der Waals surface area contributed by atoms with Crippen molar-refractivity contribution in [2.45, 2.75) is 38.9 Å². The third-order valence-corrected chi connectivity index (χ3v) is 4.87. The number of nitrogens with zero attached hydrogens (tertiary/aromatic N) is 4. The van der Waals surface area contributed by atoms with Crippen molar-refractivity contribution in [3.63, 3.8) is 0 Å². The molecule has 3 aromatic rings. The third-order valence-electron chi connectivity index (χ3n) is 4.87. The molecular weight excluding hydrogens is 342 g/mol. The van der Waals surface area contributed by atoms with Gasteiger partial charge in [-0.25, -0.2) is 9.48 Å². The van der Waals surface area contributed by atoms with Crippen LogP contribution in [-0.4, -0.2) is 36.8 Å². The number of nitrogens with one attached hydrogen (secondary N) is 1. The van der Waals surface area contributed by atoms with Gasteiger partial charge in [0.05, 0.1) is 11.9 Å². The van der Waals surface area contributed by atoms with Crippen LogP contribution >= 0.6 is 0 Å². The van der Waals surface area contributed by atoms with E-state index >= 15 is 0 Å². The largest absolute Gasteiger partial charge is 0.328 e. The zero-order valence-corrected chi connectivity index (χ0v) is 15.3. The van der Waals surface area contributed by atoms with Crippen LogP contribution in [0.5, 0.6) is 0 Å². The normalized spacial score (nSPS) is 14.0. The first-order chi connectivity index (χ1) is 13.1. The highest BCUT2D eigenvalue weighted by Gasteiger charge is 2.29. The van der Waals surface area contributed by atoms with Crippen molar-refractivity contribution in [1.29, 1.82) is 0 Å². The fourth-order valence-corrected chi connectivity index (χ4v) is 3.30. The van der Waals surface area contributed by atoms with Gasteiger partial charge in [-0.2, -0.15) is 5.10 Å². The number of hydrogen-bond acceptors (Lipinski definition) is 4. The van der Waals surface area contributed by atoms with Crippen molar-refractivity contribution in [3.05, 3.63) is 80.9 Å². The summed E-state index contributed by atoms with van der Waals surface area (Å²) in [6, 6.07) is 12.0. The SMILES string of the molecule is Cc1cc(=O)n(CCN(Cc2cnn(-c3ccccc3)c2)C2CC2)c(=O)[nH]1. The van der Waals surface area contributed by atoms with E-state index in [9.17, 15) is 9.59 Å². The molecular formula is C20H23N5O2. The van der Waals surface area contributed by atoms with E-state index in [0.29, 0.717) is 24.8 Å². The Hall–Kier alpha value is -2.93. The first-order valence-corrected chi connectivity index (χ1v) is 9.24. The fraction of sp³-hybridized carbons (Fsp3) is 0.350. The molecule has 0 unspecified atom stereocenters. The lowest BCUT2D eigenvalue weighted by Gasteiger charge is -2.21. The summed E-state index contributed by atoms with van der Waals surface area (Å²) in [5, 5.41) is 4.46. The molecule has 1 aromatic carbocycles. The average molecular weight is 365 g/mol. The van der Waals surface area contributed by atoms with Gasteiger partial charge >= 0.3 is 5.69 Å². The van der Waals surface area contributed by atoms with Crippen LogP contribution in [0.2, 0.25) is 0 Å². The third kappa shape index (κ3) is 4.09. The number of aromatic amines is 1. The van der Waals surface area contributed by atoms with Crippen LogP contribution in [0.25, 0.3) is 5.69 Å². The molecule has 1 aliphatic rings. The van der Waals surface area contributed by atoms with Crippen LogP contribution in [0.1, 0.15) is 24.1 Å². The molecule has 0 saturated heterocycles. The van der Waals surface area contributed by atoms with Gasteiger partial charge in [-0.15, -0.1) is 0 Å². The number of aryl methyl sites for hydroxylation is 1. The second-order valence-corrected chi connectivity index (χ2v) is 7.08. The summed E-state index contributed by atoms with van der Waals surface area (Å²) in [5.74, 6) is 0. The Morgan fingerprint density at radius 2 is 2.00 bits per heavy atom. The lowest BCUT2D eigenvalue weighted by molar-refractivity contribution is 0.241. The monoisotopic (exact) mass is 365 g/mol. The molecule has 4 rings (SSSR count). The second kappa shape index (κ2) is 7.36. The standard InChI is InChI=1S/C20H23N5O2/c1-15-11-19(26)24(20(27)22-15)10-9-23(17-7-8-17)13-16-12-21-25(14-16)18-5-3-2-4-6-18/h2-6,11-12,14,17H,7-10,13H2,1H3,(H,22,27). The van der Waals surface area contributed by atoms with Gasteiger partial charge in [0.2, 0.25) is 0 Å². The van der Waals surface area contributed by atoms with E-state index in [-0.39, 0.29) is 11.2 Å². The van der Waals surface area contributed by atoms with E-state index in [1.165, 1.54) is 10.6 Å². The number of rotatable bonds is 7. The van der Waals surface area contributed by atoms with E-state index in [1.54, 1.807) is 6.92 Å². The van der Waals surface area contributed by atoms with Crippen LogP contribution in [0.3, 0.4) is 0 Å². The topological polar surface area (TPSA) is 75.9 Å². The molecule has 140 valence electrons. The van der Waals surface area contributed by atoms with Gasteiger partial charge in [-0.1, -0.05) is 18.2 Å². The Bertz CT molecular complexity index is 999.